The second-order valence-corrected chi connectivity index (χ2v) is 6.51. The Hall–Kier alpha value is -2.26. The van der Waals surface area contributed by atoms with Crippen molar-refractivity contribution in [2.45, 2.75) is 13.5 Å². The minimum atomic E-state index is -0.343. The number of nitrogens with zero attached hydrogens (tertiary/aromatic N) is 4. The first-order chi connectivity index (χ1) is 11.2. The van der Waals surface area contributed by atoms with E-state index in [9.17, 15) is 4.79 Å². The van der Waals surface area contributed by atoms with Gasteiger partial charge in [-0.2, -0.15) is 5.10 Å². The van der Waals surface area contributed by atoms with E-state index in [0.29, 0.717) is 23.2 Å². The van der Waals surface area contributed by atoms with Crippen LogP contribution in [-0.4, -0.2) is 32.3 Å². The molecule has 23 heavy (non-hydrogen) atoms. The van der Waals surface area contributed by atoms with Gasteiger partial charge in [0.2, 0.25) is 0 Å². The molecule has 3 aromatic rings. The van der Waals surface area contributed by atoms with Crippen molar-refractivity contribution in [3.05, 3.63) is 34.4 Å². The van der Waals surface area contributed by atoms with Crippen molar-refractivity contribution >= 4 is 33.8 Å². The Morgan fingerprint density at radius 1 is 1.48 bits per heavy atom. The van der Waals surface area contributed by atoms with Crippen molar-refractivity contribution in [3.8, 4) is 10.7 Å². The maximum atomic E-state index is 11.6. The van der Waals surface area contributed by atoms with E-state index in [1.54, 1.807) is 22.9 Å². The van der Waals surface area contributed by atoms with E-state index in [1.165, 1.54) is 17.5 Å². The molecule has 0 amide bonds. The Bertz CT molecular complexity index is 808. The second-order valence-electron chi connectivity index (χ2n) is 4.62. The molecule has 0 aliphatic carbocycles. The molecule has 0 saturated heterocycles. The molecule has 0 aromatic carbocycles. The summed E-state index contributed by atoms with van der Waals surface area (Å²) in [7, 11) is 1.88. The third-order valence-corrected chi connectivity index (χ3v) is 4.74. The molecule has 0 aliphatic heterocycles. The van der Waals surface area contributed by atoms with Crippen LogP contribution in [0.1, 0.15) is 22.3 Å². The number of esters is 1. The number of thiazole rings is 2. The van der Waals surface area contributed by atoms with E-state index in [1.807, 2.05) is 24.7 Å². The minimum Gasteiger partial charge on any atom is -0.462 e. The zero-order chi connectivity index (χ0) is 16.2. The normalized spacial score (nSPS) is 10.7. The molecule has 0 fully saturated rings. The Labute approximate surface area is 141 Å². The molecule has 0 aliphatic rings. The standard InChI is InChI=1S/C14H15N5O2S2/c1-3-21-13(20)11-7-16-14(23-11)15-6-9-8-22-12(17-9)10-4-5-19(2)18-10/h4-5,7-8H,3,6H2,1-2H3,(H,15,16). The highest BCUT2D eigenvalue weighted by Crippen LogP contribution is 2.23. The SMILES string of the molecule is CCOC(=O)c1cnc(NCc2csc(-c3ccn(C)n3)n2)s1. The summed E-state index contributed by atoms with van der Waals surface area (Å²) < 4.78 is 6.69. The van der Waals surface area contributed by atoms with Gasteiger partial charge in [-0.15, -0.1) is 11.3 Å². The van der Waals surface area contributed by atoms with Crippen LogP contribution in [0.2, 0.25) is 0 Å². The number of hydrogen-bond donors (Lipinski definition) is 1. The third kappa shape index (κ3) is 3.74. The average Bonchev–Trinajstić information content (AvgIpc) is 3.25. The van der Waals surface area contributed by atoms with Crippen LogP contribution in [0.3, 0.4) is 0 Å². The van der Waals surface area contributed by atoms with Crippen LogP contribution in [0.5, 0.6) is 0 Å². The highest BCUT2D eigenvalue weighted by molar-refractivity contribution is 7.17. The predicted molar refractivity (Wildman–Crippen MR) is 89.7 cm³/mol. The smallest absolute Gasteiger partial charge is 0.350 e. The number of aryl methyl sites for hydroxylation is 1. The number of ether oxygens (including phenoxy) is 1. The van der Waals surface area contributed by atoms with E-state index in [4.69, 9.17) is 4.74 Å². The summed E-state index contributed by atoms with van der Waals surface area (Å²) >= 11 is 2.82. The molecule has 0 saturated carbocycles. The van der Waals surface area contributed by atoms with Crippen molar-refractivity contribution in [2.24, 2.45) is 7.05 Å². The maximum Gasteiger partial charge on any atom is 0.350 e. The van der Waals surface area contributed by atoms with Crippen molar-refractivity contribution in [3.63, 3.8) is 0 Å². The van der Waals surface area contributed by atoms with Gasteiger partial charge in [-0.25, -0.2) is 14.8 Å². The number of hydrogen-bond acceptors (Lipinski definition) is 8. The fourth-order valence-electron chi connectivity index (χ4n) is 1.85. The van der Waals surface area contributed by atoms with Gasteiger partial charge in [0.25, 0.3) is 0 Å². The van der Waals surface area contributed by atoms with Crippen LogP contribution in [0.15, 0.2) is 23.8 Å². The summed E-state index contributed by atoms with van der Waals surface area (Å²) in [5.74, 6) is -0.343. The van der Waals surface area contributed by atoms with Crippen LogP contribution in [0.25, 0.3) is 10.7 Å². The quantitative estimate of drug-likeness (QED) is 0.689. The molecule has 120 valence electrons. The molecule has 1 N–H and O–H groups in total. The minimum absolute atomic E-state index is 0.343. The van der Waals surface area contributed by atoms with Gasteiger partial charge in [0, 0.05) is 18.6 Å². The Kier molecular flexibility index (Phi) is 4.68. The van der Waals surface area contributed by atoms with Gasteiger partial charge in [0.15, 0.2) is 5.13 Å². The maximum absolute atomic E-state index is 11.6. The lowest BCUT2D eigenvalue weighted by Crippen LogP contribution is -2.01. The largest absolute Gasteiger partial charge is 0.462 e. The number of rotatable bonds is 6. The second kappa shape index (κ2) is 6.88. The molecule has 3 rings (SSSR count). The fraction of sp³-hybridized carbons (Fsp3) is 0.286. The highest BCUT2D eigenvalue weighted by atomic mass is 32.1. The van der Waals surface area contributed by atoms with Crippen LogP contribution in [0, 0.1) is 0 Å². The fourth-order valence-corrected chi connectivity index (χ4v) is 3.34. The number of carbonyl (C=O) groups excluding carboxylic acids is 1. The van der Waals surface area contributed by atoms with E-state index >= 15 is 0 Å². The molecule has 0 bridgehead atoms. The van der Waals surface area contributed by atoms with Gasteiger partial charge < -0.3 is 10.1 Å². The molecule has 3 heterocycles. The molecular weight excluding hydrogens is 334 g/mol. The number of anilines is 1. The Balaban J connectivity index is 1.61. The first-order valence-electron chi connectivity index (χ1n) is 6.97. The first-order valence-corrected chi connectivity index (χ1v) is 8.66. The molecule has 0 atom stereocenters. The van der Waals surface area contributed by atoms with Gasteiger partial charge in [-0.1, -0.05) is 11.3 Å². The van der Waals surface area contributed by atoms with Crippen molar-refractivity contribution in [2.75, 3.05) is 11.9 Å². The highest BCUT2D eigenvalue weighted by Gasteiger charge is 2.12. The van der Waals surface area contributed by atoms with Gasteiger partial charge >= 0.3 is 5.97 Å². The number of carbonyl (C=O) groups is 1. The van der Waals surface area contributed by atoms with E-state index in [-0.39, 0.29) is 5.97 Å². The molecule has 0 radical (unpaired) electrons. The summed E-state index contributed by atoms with van der Waals surface area (Å²) in [6.45, 7) is 2.67. The Morgan fingerprint density at radius 3 is 3.09 bits per heavy atom. The van der Waals surface area contributed by atoms with Gasteiger partial charge in [0.05, 0.1) is 25.0 Å². The number of nitrogens with one attached hydrogen (secondary N) is 1. The lowest BCUT2D eigenvalue weighted by molar-refractivity contribution is 0.0532. The van der Waals surface area contributed by atoms with E-state index in [0.717, 1.165) is 16.4 Å². The van der Waals surface area contributed by atoms with Crippen molar-refractivity contribution < 1.29 is 9.53 Å². The van der Waals surface area contributed by atoms with Crippen molar-refractivity contribution in [1.29, 1.82) is 0 Å². The first kappa shape index (κ1) is 15.6. The summed E-state index contributed by atoms with van der Waals surface area (Å²) in [6, 6.07) is 1.93. The zero-order valence-electron chi connectivity index (χ0n) is 12.6. The van der Waals surface area contributed by atoms with Crippen LogP contribution < -0.4 is 5.32 Å². The lowest BCUT2D eigenvalue weighted by atomic mass is 10.4. The molecule has 0 unspecified atom stereocenters. The van der Waals surface area contributed by atoms with E-state index < -0.39 is 0 Å². The van der Waals surface area contributed by atoms with Crippen LogP contribution >= 0.6 is 22.7 Å². The average molecular weight is 349 g/mol. The molecular formula is C14H15N5O2S2. The molecule has 9 heteroatoms. The van der Waals surface area contributed by atoms with Crippen LogP contribution in [-0.2, 0) is 18.3 Å². The third-order valence-electron chi connectivity index (χ3n) is 2.89. The lowest BCUT2D eigenvalue weighted by Gasteiger charge is -1.98. The van der Waals surface area contributed by atoms with Gasteiger partial charge in [-0.3, -0.25) is 4.68 Å². The van der Waals surface area contributed by atoms with Gasteiger partial charge in [-0.05, 0) is 13.0 Å². The molecule has 3 aromatic heterocycles. The molecule has 0 spiro atoms. The summed E-state index contributed by atoms with van der Waals surface area (Å²) in [5.41, 5.74) is 1.77. The zero-order valence-corrected chi connectivity index (χ0v) is 14.3. The van der Waals surface area contributed by atoms with Gasteiger partial charge in [0.1, 0.15) is 15.6 Å². The predicted octanol–water partition coefficient (Wildman–Crippen LogP) is 2.79. The number of aromatic nitrogens is 4. The van der Waals surface area contributed by atoms with Crippen molar-refractivity contribution in [1.82, 2.24) is 19.7 Å². The summed E-state index contributed by atoms with van der Waals surface area (Å²) in [4.78, 5) is 20.8. The van der Waals surface area contributed by atoms with Crippen LogP contribution in [0.4, 0.5) is 5.13 Å². The monoisotopic (exact) mass is 349 g/mol. The summed E-state index contributed by atoms with van der Waals surface area (Å²) in [6.07, 6.45) is 3.41. The van der Waals surface area contributed by atoms with E-state index in [2.05, 4.69) is 20.4 Å². The molecule has 7 nitrogen and oxygen atoms in total. The Morgan fingerprint density at radius 2 is 2.35 bits per heavy atom. The topological polar surface area (TPSA) is 81.9 Å². The summed E-state index contributed by atoms with van der Waals surface area (Å²) in [5, 5.41) is 11.0.